The molecule has 4 heterocycles. The van der Waals surface area contributed by atoms with Gasteiger partial charge in [-0.2, -0.15) is 4.98 Å². The van der Waals surface area contributed by atoms with Gasteiger partial charge < -0.3 is 18.9 Å². The molecule has 0 N–H and O–H groups in total. The number of aromatic nitrogens is 3. The summed E-state index contributed by atoms with van der Waals surface area (Å²) in [6.45, 7) is 8.03. The molecule has 2 saturated heterocycles. The van der Waals surface area contributed by atoms with Gasteiger partial charge in [0.2, 0.25) is 0 Å². The quantitative estimate of drug-likeness (QED) is 0.164. The van der Waals surface area contributed by atoms with Crippen molar-refractivity contribution in [3.8, 4) is 28.4 Å². The molecule has 0 aliphatic carbocycles. The Hall–Kier alpha value is -2.82. The number of ether oxygens (including phenoxy) is 4. The van der Waals surface area contributed by atoms with Crippen molar-refractivity contribution in [2.45, 2.75) is 56.9 Å². The van der Waals surface area contributed by atoms with Crippen LogP contribution in [0.3, 0.4) is 0 Å². The summed E-state index contributed by atoms with van der Waals surface area (Å²) < 4.78 is 39.6. The lowest BCUT2D eigenvalue weighted by Crippen LogP contribution is -2.34. The van der Waals surface area contributed by atoms with Crippen LogP contribution in [0.15, 0.2) is 60.7 Å². The minimum absolute atomic E-state index is 0.00893. The maximum Gasteiger partial charge on any atom is 0.301 e. The number of alkyl halides is 1. The van der Waals surface area contributed by atoms with Crippen LogP contribution in [-0.4, -0.2) is 66.9 Å². The van der Waals surface area contributed by atoms with Crippen LogP contribution in [0.2, 0.25) is 30.7 Å². The summed E-state index contributed by atoms with van der Waals surface area (Å²) in [6.07, 6.45) is -2.73. The van der Waals surface area contributed by atoms with E-state index >= 15 is 0 Å². The normalized spacial score (nSPS) is 22.6. The molecule has 0 amide bonds. The van der Waals surface area contributed by atoms with Crippen molar-refractivity contribution in [2.24, 2.45) is 0 Å². The lowest BCUT2D eigenvalue weighted by Gasteiger charge is -2.19. The SMILES string of the molecule is C[Si](C)(C)CCOCn1c(O[C@@H]2CO[C@H]3[C@@H]2OC[C@@H]3F)nc2nc(-c3ccc(-c4ccccc4)cc3)c(Cl)cc21. The van der Waals surface area contributed by atoms with Crippen LogP contribution in [0.25, 0.3) is 33.5 Å². The van der Waals surface area contributed by atoms with Gasteiger partial charge in [0.1, 0.15) is 18.9 Å². The van der Waals surface area contributed by atoms with Gasteiger partial charge in [-0.1, -0.05) is 85.8 Å². The van der Waals surface area contributed by atoms with E-state index in [9.17, 15) is 4.39 Å². The van der Waals surface area contributed by atoms with Crippen LogP contribution in [0.5, 0.6) is 6.01 Å². The van der Waals surface area contributed by atoms with Crippen LogP contribution < -0.4 is 4.74 Å². The van der Waals surface area contributed by atoms with Crippen LogP contribution in [-0.2, 0) is 20.9 Å². The second-order valence-corrected chi connectivity index (χ2v) is 17.6. The van der Waals surface area contributed by atoms with E-state index in [2.05, 4.69) is 43.9 Å². The van der Waals surface area contributed by atoms with Crippen molar-refractivity contribution in [3.05, 3.63) is 65.7 Å². The molecule has 6 rings (SSSR count). The molecule has 0 unspecified atom stereocenters. The first kappa shape index (κ1) is 27.4. The molecule has 2 aromatic heterocycles. The van der Waals surface area contributed by atoms with E-state index in [-0.39, 0.29) is 19.9 Å². The molecule has 2 fully saturated rings. The Balaban J connectivity index is 1.30. The van der Waals surface area contributed by atoms with Gasteiger partial charge >= 0.3 is 6.01 Å². The zero-order valence-electron chi connectivity index (χ0n) is 22.8. The number of rotatable bonds is 9. The molecular formula is C30H33ClFN3O4Si. The summed E-state index contributed by atoms with van der Waals surface area (Å²) in [5.74, 6) is 0. The highest BCUT2D eigenvalue weighted by molar-refractivity contribution is 6.76. The molecule has 7 nitrogen and oxygen atoms in total. The molecule has 0 saturated carbocycles. The monoisotopic (exact) mass is 581 g/mol. The Morgan fingerprint density at radius 1 is 0.950 bits per heavy atom. The fraction of sp³-hybridized carbons (Fsp3) is 0.400. The van der Waals surface area contributed by atoms with Crippen LogP contribution in [0.4, 0.5) is 4.39 Å². The highest BCUT2D eigenvalue weighted by Gasteiger charge is 2.49. The lowest BCUT2D eigenvalue weighted by atomic mass is 10.0. The molecule has 40 heavy (non-hydrogen) atoms. The molecule has 10 heteroatoms. The molecule has 0 bridgehead atoms. The smallest absolute Gasteiger partial charge is 0.301 e. The van der Waals surface area contributed by atoms with Gasteiger partial charge in [0.15, 0.2) is 17.9 Å². The van der Waals surface area contributed by atoms with E-state index in [1.165, 1.54) is 0 Å². The highest BCUT2D eigenvalue weighted by atomic mass is 35.5. The Morgan fingerprint density at radius 3 is 2.40 bits per heavy atom. The Kier molecular flexibility index (Phi) is 7.67. The number of pyridine rings is 1. The Bertz CT molecular complexity index is 1480. The first-order chi connectivity index (χ1) is 19.3. The number of hydrogen-bond donors (Lipinski definition) is 0. The summed E-state index contributed by atoms with van der Waals surface area (Å²) in [7, 11) is -1.26. The average molecular weight is 582 g/mol. The third kappa shape index (κ3) is 5.66. The summed E-state index contributed by atoms with van der Waals surface area (Å²) >= 11 is 6.79. The van der Waals surface area contributed by atoms with Crippen LogP contribution >= 0.6 is 11.6 Å². The van der Waals surface area contributed by atoms with Gasteiger partial charge in [0, 0.05) is 20.2 Å². The molecule has 2 aliphatic heterocycles. The lowest BCUT2D eigenvalue weighted by molar-refractivity contribution is 0.0160. The second kappa shape index (κ2) is 11.2. The number of halogens is 2. The third-order valence-electron chi connectivity index (χ3n) is 7.35. The van der Waals surface area contributed by atoms with E-state index in [1.54, 1.807) is 0 Å². The highest BCUT2D eigenvalue weighted by Crippen LogP contribution is 2.35. The third-order valence-corrected chi connectivity index (χ3v) is 9.34. The van der Waals surface area contributed by atoms with Gasteiger partial charge in [-0.25, -0.2) is 9.37 Å². The zero-order valence-corrected chi connectivity index (χ0v) is 24.6. The van der Waals surface area contributed by atoms with Crippen molar-refractivity contribution >= 4 is 30.8 Å². The van der Waals surface area contributed by atoms with Crippen molar-refractivity contribution in [2.75, 3.05) is 19.8 Å². The number of hydrogen-bond acceptors (Lipinski definition) is 6. The van der Waals surface area contributed by atoms with Crippen LogP contribution in [0.1, 0.15) is 0 Å². The predicted octanol–water partition coefficient (Wildman–Crippen LogP) is 6.61. The minimum atomic E-state index is -1.26. The minimum Gasteiger partial charge on any atom is -0.456 e. The van der Waals surface area contributed by atoms with Gasteiger partial charge in [-0.15, -0.1) is 0 Å². The second-order valence-electron chi connectivity index (χ2n) is 11.5. The van der Waals surface area contributed by atoms with Crippen molar-refractivity contribution in [1.82, 2.24) is 14.5 Å². The molecule has 4 atom stereocenters. The van der Waals surface area contributed by atoms with Crippen molar-refractivity contribution < 1.29 is 23.3 Å². The van der Waals surface area contributed by atoms with Gasteiger partial charge in [0.05, 0.1) is 29.4 Å². The largest absolute Gasteiger partial charge is 0.456 e. The van der Waals surface area contributed by atoms with Gasteiger partial charge in [-0.05, 0) is 23.2 Å². The van der Waals surface area contributed by atoms with Gasteiger partial charge in [-0.3, -0.25) is 4.57 Å². The average Bonchev–Trinajstić information content (AvgIpc) is 3.61. The molecule has 0 radical (unpaired) electrons. The molecular weight excluding hydrogens is 549 g/mol. The van der Waals surface area contributed by atoms with E-state index in [4.69, 9.17) is 40.5 Å². The van der Waals surface area contributed by atoms with Gasteiger partial charge in [0.25, 0.3) is 0 Å². The van der Waals surface area contributed by atoms with E-state index in [0.717, 1.165) is 22.7 Å². The summed E-state index contributed by atoms with van der Waals surface area (Å²) in [6, 6.07) is 21.5. The number of benzene rings is 2. The maximum atomic E-state index is 14.1. The summed E-state index contributed by atoms with van der Waals surface area (Å²) in [4.78, 5) is 9.56. The zero-order chi connectivity index (χ0) is 27.9. The topological polar surface area (TPSA) is 67.6 Å². The first-order valence-electron chi connectivity index (χ1n) is 13.6. The van der Waals surface area contributed by atoms with E-state index < -0.39 is 32.6 Å². The molecule has 2 aliphatic rings. The van der Waals surface area contributed by atoms with Crippen molar-refractivity contribution in [1.29, 1.82) is 0 Å². The molecule has 4 aromatic rings. The maximum absolute atomic E-state index is 14.1. The molecule has 2 aromatic carbocycles. The van der Waals surface area contributed by atoms with Crippen molar-refractivity contribution in [3.63, 3.8) is 0 Å². The molecule has 210 valence electrons. The standard InChI is InChI=1S/C30H33ClFN3O4Si/c1-40(2,3)14-13-36-18-35-24-15-22(31)26(21-11-9-20(10-12-21)19-7-5-4-6-8-19)33-29(24)34-30(35)39-25-17-38-27-23(32)16-37-28(25)27/h4-12,15,23,25,27-28H,13-14,16-18H2,1-3H3/t23-,25+,27+,28+/m0/s1. The van der Waals surface area contributed by atoms with E-state index in [1.807, 2.05) is 41.0 Å². The molecule has 0 spiro atoms. The fourth-order valence-corrected chi connectivity index (χ4v) is 6.07. The number of imidazole rings is 1. The predicted molar refractivity (Wildman–Crippen MR) is 156 cm³/mol. The van der Waals surface area contributed by atoms with Crippen LogP contribution in [0, 0.1) is 0 Å². The number of fused-ring (bicyclic) bond motifs is 2. The summed E-state index contributed by atoms with van der Waals surface area (Å²) in [5, 5.41) is 0.499. The Morgan fingerprint density at radius 2 is 1.65 bits per heavy atom. The fourth-order valence-electron chi connectivity index (χ4n) is 5.06. The number of nitrogens with zero attached hydrogens (tertiary/aromatic N) is 3. The van der Waals surface area contributed by atoms with E-state index in [0.29, 0.717) is 34.5 Å². The summed E-state index contributed by atoms with van der Waals surface area (Å²) in [5.41, 5.74) is 4.95. The Labute approximate surface area is 239 Å². The first-order valence-corrected chi connectivity index (χ1v) is 17.7.